The van der Waals surface area contributed by atoms with E-state index in [4.69, 9.17) is 14.2 Å². The Morgan fingerprint density at radius 3 is 2.02 bits per heavy atom. The Balaban J connectivity index is 0.959. The number of ether oxygens (including phenoxy) is 3. The minimum atomic E-state index is 0.160. The molecule has 7 nitrogen and oxygen atoms in total. The maximum absolute atomic E-state index is 13.5. The van der Waals surface area contributed by atoms with Gasteiger partial charge < -0.3 is 24.0 Å². The third kappa shape index (κ3) is 6.69. The number of hydrogen-bond donors (Lipinski definition) is 0. The molecule has 0 aromatic heterocycles. The van der Waals surface area contributed by atoms with E-state index in [1.54, 1.807) is 14.2 Å². The summed E-state index contributed by atoms with van der Waals surface area (Å²) in [4.78, 5) is 20.4. The predicted octanol–water partition coefficient (Wildman–Crippen LogP) is 7.38. The van der Waals surface area contributed by atoms with Gasteiger partial charge in [-0.25, -0.2) is 0 Å². The summed E-state index contributed by atoms with van der Waals surface area (Å²) >= 11 is 0. The Labute approximate surface area is 280 Å². The fourth-order valence-electron chi connectivity index (χ4n) is 9.72. The van der Waals surface area contributed by atoms with Crippen molar-refractivity contribution >= 4 is 11.6 Å². The molecule has 1 saturated heterocycles. The molecule has 1 amide bonds. The Bertz CT molecular complexity index is 1500. The molecular formula is C40H51N3O4. The molecule has 4 saturated carbocycles. The first-order valence-electron chi connectivity index (χ1n) is 17.7. The Kier molecular flexibility index (Phi) is 9.10. The quantitative estimate of drug-likeness (QED) is 0.219. The maximum atomic E-state index is 13.5. The number of methoxy groups -OCH3 is 2. The van der Waals surface area contributed by atoms with Crippen LogP contribution in [0.15, 0.2) is 60.7 Å². The summed E-state index contributed by atoms with van der Waals surface area (Å²) in [6, 6.07) is 20.7. The summed E-state index contributed by atoms with van der Waals surface area (Å²) in [6.45, 7) is 8.00. The molecule has 4 aliphatic carbocycles. The molecule has 0 atom stereocenters. The van der Waals surface area contributed by atoms with Crippen molar-refractivity contribution in [3.63, 3.8) is 0 Å². The fourth-order valence-corrected chi connectivity index (χ4v) is 9.72. The van der Waals surface area contributed by atoms with Gasteiger partial charge in [0.15, 0.2) is 0 Å². The second kappa shape index (κ2) is 13.4. The van der Waals surface area contributed by atoms with Crippen LogP contribution in [-0.4, -0.2) is 76.3 Å². The highest BCUT2D eigenvalue weighted by molar-refractivity contribution is 5.94. The first-order chi connectivity index (χ1) is 22.8. The van der Waals surface area contributed by atoms with Gasteiger partial charge in [-0.1, -0.05) is 12.1 Å². The molecule has 1 heterocycles. The topological polar surface area (TPSA) is 54.5 Å². The van der Waals surface area contributed by atoms with Crippen molar-refractivity contribution in [2.75, 3.05) is 65.5 Å². The van der Waals surface area contributed by atoms with E-state index in [9.17, 15) is 4.79 Å². The molecule has 0 spiro atoms. The average molecular weight is 638 g/mol. The molecule has 3 aromatic carbocycles. The van der Waals surface area contributed by atoms with E-state index in [1.807, 2.05) is 43.1 Å². The van der Waals surface area contributed by atoms with Gasteiger partial charge in [0.1, 0.15) is 17.2 Å². The molecule has 5 fully saturated rings. The van der Waals surface area contributed by atoms with E-state index in [2.05, 4.69) is 46.2 Å². The summed E-state index contributed by atoms with van der Waals surface area (Å²) in [5, 5.41) is 0. The minimum absolute atomic E-state index is 0.160. The van der Waals surface area contributed by atoms with Gasteiger partial charge in [-0.05, 0) is 128 Å². The molecule has 47 heavy (non-hydrogen) atoms. The molecule has 1 aliphatic heterocycles. The number of rotatable bonds is 11. The van der Waals surface area contributed by atoms with Crippen LogP contribution in [0.1, 0.15) is 61.4 Å². The minimum Gasteiger partial charge on any atom is -0.496 e. The fraction of sp³-hybridized carbons (Fsp3) is 0.525. The number of carbonyl (C=O) groups is 1. The second-order valence-electron chi connectivity index (χ2n) is 14.7. The normalized spacial score (nSPS) is 25.1. The third-order valence-corrected chi connectivity index (χ3v) is 11.4. The zero-order valence-electron chi connectivity index (χ0n) is 28.7. The van der Waals surface area contributed by atoms with Crippen molar-refractivity contribution in [2.45, 2.75) is 52.0 Å². The number of piperazine rings is 1. The van der Waals surface area contributed by atoms with Crippen molar-refractivity contribution in [2.24, 2.45) is 23.2 Å². The Hall–Kier alpha value is -3.71. The van der Waals surface area contributed by atoms with E-state index in [0.29, 0.717) is 12.0 Å². The lowest BCUT2D eigenvalue weighted by Crippen LogP contribution is -2.51. The molecular weight excluding hydrogens is 586 g/mol. The van der Waals surface area contributed by atoms with Crippen LogP contribution in [0.5, 0.6) is 17.2 Å². The lowest BCUT2D eigenvalue weighted by atomic mass is 9.49. The standard InChI is InChI=1S/C40H51N3O4/c1-5-47-35-8-6-7-32(20-35)33-21-37(45-3)36(38(22-33)46-4)26-42-13-15-43(16-14-42)34-11-9-31(10-12-34)39(44)41(2)27-40-23-28-17-29(24-40)19-30(18-28)25-40/h6-12,20-22,28-30H,5,13-19,23-27H2,1-4H3. The zero-order valence-corrected chi connectivity index (χ0v) is 28.7. The predicted molar refractivity (Wildman–Crippen MR) is 188 cm³/mol. The van der Waals surface area contributed by atoms with Crippen LogP contribution in [0.2, 0.25) is 0 Å². The van der Waals surface area contributed by atoms with Gasteiger partial charge >= 0.3 is 0 Å². The molecule has 0 radical (unpaired) electrons. The number of hydrogen-bond acceptors (Lipinski definition) is 6. The maximum Gasteiger partial charge on any atom is 0.253 e. The highest BCUT2D eigenvalue weighted by Crippen LogP contribution is 2.60. The highest BCUT2D eigenvalue weighted by Gasteiger charge is 2.51. The molecule has 3 aromatic rings. The Morgan fingerprint density at radius 1 is 0.830 bits per heavy atom. The van der Waals surface area contributed by atoms with Crippen molar-refractivity contribution in [3.05, 3.63) is 71.8 Å². The molecule has 5 aliphatic rings. The van der Waals surface area contributed by atoms with Crippen molar-refractivity contribution < 1.29 is 19.0 Å². The zero-order chi connectivity index (χ0) is 32.5. The van der Waals surface area contributed by atoms with Gasteiger partial charge in [0.05, 0.1) is 26.4 Å². The molecule has 0 unspecified atom stereocenters. The largest absolute Gasteiger partial charge is 0.496 e. The van der Waals surface area contributed by atoms with E-state index < -0.39 is 0 Å². The molecule has 8 rings (SSSR count). The van der Waals surface area contributed by atoms with E-state index in [1.165, 1.54) is 44.2 Å². The van der Waals surface area contributed by atoms with Gasteiger partial charge in [-0.15, -0.1) is 0 Å². The highest BCUT2D eigenvalue weighted by atomic mass is 16.5. The SMILES string of the molecule is CCOc1cccc(-c2cc(OC)c(CN3CCN(c4ccc(C(=O)N(C)CC56CC7CC(CC(C7)C5)C6)cc4)CC3)c(OC)c2)c1. The van der Waals surface area contributed by atoms with Crippen LogP contribution >= 0.6 is 0 Å². The monoisotopic (exact) mass is 637 g/mol. The molecule has 250 valence electrons. The van der Waals surface area contributed by atoms with E-state index >= 15 is 0 Å². The first kappa shape index (κ1) is 31.9. The number of nitrogens with zero attached hydrogens (tertiary/aromatic N) is 3. The van der Waals surface area contributed by atoms with Gasteiger partial charge in [-0.2, -0.15) is 0 Å². The van der Waals surface area contributed by atoms with Crippen LogP contribution in [0.4, 0.5) is 5.69 Å². The molecule has 0 N–H and O–H groups in total. The lowest BCUT2D eigenvalue weighted by molar-refractivity contribution is -0.0629. The van der Waals surface area contributed by atoms with Gasteiger partial charge in [-0.3, -0.25) is 9.69 Å². The summed E-state index contributed by atoms with van der Waals surface area (Å²) in [6.07, 6.45) is 8.30. The number of benzene rings is 3. The van der Waals surface area contributed by atoms with Crippen molar-refractivity contribution in [1.29, 1.82) is 0 Å². The van der Waals surface area contributed by atoms with Crippen molar-refractivity contribution in [1.82, 2.24) is 9.80 Å². The summed E-state index contributed by atoms with van der Waals surface area (Å²) in [7, 11) is 5.48. The number of anilines is 1. The van der Waals surface area contributed by atoms with Crippen LogP contribution < -0.4 is 19.1 Å². The Morgan fingerprint density at radius 2 is 1.45 bits per heavy atom. The lowest BCUT2D eigenvalue weighted by Gasteiger charge is -2.57. The smallest absolute Gasteiger partial charge is 0.253 e. The number of carbonyl (C=O) groups excluding carboxylic acids is 1. The van der Waals surface area contributed by atoms with E-state index in [-0.39, 0.29) is 5.91 Å². The van der Waals surface area contributed by atoms with E-state index in [0.717, 1.165) is 96.5 Å². The van der Waals surface area contributed by atoms with Gasteiger partial charge in [0.2, 0.25) is 0 Å². The van der Waals surface area contributed by atoms with Crippen molar-refractivity contribution in [3.8, 4) is 28.4 Å². The molecule has 4 bridgehead atoms. The average Bonchev–Trinajstić information content (AvgIpc) is 3.08. The summed E-state index contributed by atoms with van der Waals surface area (Å²) in [5.41, 5.74) is 5.51. The third-order valence-electron chi connectivity index (χ3n) is 11.4. The second-order valence-corrected chi connectivity index (χ2v) is 14.7. The van der Waals surface area contributed by atoms with Crippen LogP contribution in [0.3, 0.4) is 0 Å². The van der Waals surface area contributed by atoms with Gasteiger partial charge in [0, 0.05) is 57.6 Å². The molecule has 7 heteroatoms. The van der Waals surface area contributed by atoms with Crippen LogP contribution in [0, 0.1) is 23.2 Å². The summed E-state index contributed by atoms with van der Waals surface area (Å²) in [5.74, 6) is 5.39. The first-order valence-corrected chi connectivity index (χ1v) is 17.7. The van der Waals surface area contributed by atoms with Gasteiger partial charge in [0.25, 0.3) is 5.91 Å². The van der Waals surface area contributed by atoms with Crippen LogP contribution in [0.25, 0.3) is 11.1 Å². The summed E-state index contributed by atoms with van der Waals surface area (Å²) < 4.78 is 17.5. The number of amides is 1. The van der Waals surface area contributed by atoms with Crippen LogP contribution in [-0.2, 0) is 6.54 Å².